The van der Waals surface area contributed by atoms with Crippen molar-refractivity contribution in [3.63, 3.8) is 0 Å². The van der Waals surface area contributed by atoms with Gasteiger partial charge in [0.1, 0.15) is 12.6 Å². The fraction of sp³-hybridized carbons (Fsp3) is 0.353. The van der Waals surface area contributed by atoms with Crippen LogP contribution in [0.2, 0.25) is 0 Å². The summed E-state index contributed by atoms with van der Waals surface area (Å²) in [6, 6.07) is 7.42. The fourth-order valence-electron chi connectivity index (χ4n) is 2.21. The molecule has 2 rings (SSSR count). The van der Waals surface area contributed by atoms with E-state index in [1.165, 1.54) is 0 Å². The maximum absolute atomic E-state index is 11.9. The Balaban J connectivity index is 1.89. The first kappa shape index (κ1) is 19.9. The molecule has 0 saturated carbocycles. The molecule has 1 aliphatic rings. The van der Waals surface area contributed by atoms with Gasteiger partial charge in [-0.25, -0.2) is 14.4 Å². The van der Waals surface area contributed by atoms with Crippen LogP contribution in [-0.4, -0.2) is 48.1 Å². The Morgan fingerprint density at radius 3 is 2.33 bits per heavy atom. The first-order valence-electron chi connectivity index (χ1n) is 8.02. The number of carbonyl (C=O) groups excluding carboxylic acids is 5. The maximum atomic E-state index is 11.9. The molecule has 0 radical (unpaired) electrons. The van der Waals surface area contributed by atoms with Gasteiger partial charge in [-0.05, 0) is 5.56 Å². The molecule has 1 aliphatic heterocycles. The number of methoxy groups -OCH3 is 1. The predicted octanol–water partition coefficient (Wildman–Crippen LogP) is 0.452. The van der Waals surface area contributed by atoms with Crippen molar-refractivity contribution in [2.45, 2.75) is 31.9 Å². The van der Waals surface area contributed by atoms with Crippen LogP contribution in [0.15, 0.2) is 30.3 Å². The van der Waals surface area contributed by atoms with Gasteiger partial charge < -0.3 is 19.6 Å². The number of imide groups is 1. The van der Waals surface area contributed by atoms with Crippen molar-refractivity contribution in [1.29, 1.82) is 0 Å². The fourth-order valence-corrected chi connectivity index (χ4v) is 2.21. The minimum Gasteiger partial charge on any atom is -0.467 e. The number of nitrogens with zero attached hydrogens (tertiary/aromatic N) is 1. The van der Waals surface area contributed by atoms with Crippen molar-refractivity contribution in [3.8, 4) is 0 Å². The third kappa shape index (κ3) is 5.80. The van der Waals surface area contributed by atoms with Gasteiger partial charge in [0.15, 0.2) is 0 Å². The van der Waals surface area contributed by atoms with E-state index >= 15 is 0 Å². The quantitative estimate of drug-likeness (QED) is 0.535. The van der Waals surface area contributed by atoms with Crippen molar-refractivity contribution < 1.29 is 38.3 Å². The number of alkyl carbamates (subject to hydrolysis) is 1. The van der Waals surface area contributed by atoms with Crippen LogP contribution in [0.25, 0.3) is 0 Å². The second-order valence-electron chi connectivity index (χ2n) is 5.53. The number of hydrogen-bond acceptors (Lipinski definition) is 8. The highest BCUT2D eigenvalue weighted by Gasteiger charge is 2.34. The van der Waals surface area contributed by atoms with Crippen LogP contribution in [0.3, 0.4) is 0 Å². The summed E-state index contributed by atoms with van der Waals surface area (Å²) in [7, 11) is 1.07. The minimum atomic E-state index is -1.40. The van der Waals surface area contributed by atoms with Crippen LogP contribution in [0.4, 0.5) is 4.79 Å². The normalized spacial score (nSPS) is 14.5. The lowest BCUT2D eigenvalue weighted by molar-refractivity contribution is -0.198. The summed E-state index contributed by atoms with van der Waals surface area (Å²) in [6.45, 7) is -0.0399. The molecule has 1 aromatic carbocycles. The SMILES string of the molecule is COC(=O)C(CC(=O)ON1C(=O)CCC1=O)NC(=O)OCc1ccccc1. The number of esters is 1. The zero-order valence-electron chi connectivity index (χ0n) is 14.5. The first-order valence-corrected chi connectivity index (χ1v) is 8.02. The zero-order valence-corrected chi connectivity index (χ0v) is 14.5. The molecule has 1 atom stereocenters. The lowest BCUT2D eigenvalue weighted by Gasteiger charge is -2.17. The number of benzene rings is 1. The van der Waals surface area contributed by atoms with E-state index in [0.29, 0.717) is 5.06 Å². The molecule has 1 unspecified atom stereocenters. The third-order valence-corrected chi connectivity index (χ3v) is 3.56. The highest BCUT2D eigenvalue weighted by molar-refractivity contribution is 6.01. The van der Waals surface area contributed by atoms with Crippen LogP contribution < -0.4 is 5.32 Å². The average Bonchev–Trinajstić information content (AvgIpc) is 2.98. The molecule has 0 aliphatic carbocycles. The van der Waals surface area contributed by atoms with Crippen LogP contribution in [0, 0.1) is 0 Å². The standard InChI is InChI=1S/C17H18N2O8/c1-25-16(23)12(9-15(22)27-19-13(20)7-8-14(19)21)18-17(24)26-10-11-5-3-2-4-6-11/h2-6,12H,7-10H2,1H3,(H,18,24). The van der Waals surface area contributed by atoms with Gasteiger partial charge in [-0.1, -0.05) is 30.3 Å². The van der Waals surface area contributed by atoms with Gasteiger partial charge in [0, 0.05) is 12.8 Å². The Bertz CT molecular complexity index is 718. The second-order valence-corrected chi connectivity index (χ2v) is 5.53. The molecule has 10 heteroatoms. The van der Waals surface area contributed by atoms with E-state index in [2.05, 4.69) is 14.9 Å². The van der Waals surface area contributed by atoms with Gasteiger partial charge in [-0.2, -0.15) is 0 Å². The molecular formula is C17H18N2O8. The van der Waals surface area contributed by atoms with Crippen molar-refractivity contribution in [3.05, 3.63) is 35.9 Å². The summed E-state index contributed by atoms with van der Waals surface area (Å²) in [5.41, 5.74) is 0.729. The molecule has 1 N–H and O–H groups in total. The zero-order chi connectivity index (χ0) is 19.8. The summed E-state index contributed by atoms with van der Waals surface area (Å²) >= 11 is 0. The summed E-state index contributed by atoms with van der Waals surface area (Å²) < 4.78 is 9.50. The molecule has 10 nitrogen and oxygen atoms in total. The number of rotatable bonds is 7. The molecule has 3 amide bonds. The van der Waals surface area contributed by atoms with Crippen molar-refractivity contribution in [1.82, 2.24) is 10.4 Å². The van der Waals surface area contributed by atoms with Gasteiger partial charge in [-0.15, -0.1) is 5.06 Å². The Kier molecular flexibility index (Phi) is 6.86. The average molecular weight is 378 g/mol. The summed E-state index contributed by atoms with van der Waals surface area (Å²) in [5.74, 6) is -3.28. The van der Waals surface area contributed by atoms with E-state index < -0.39 is 42.3 Å². The Hall–Kier alpha value is -3.43. The molecule has 27 heavy (non-hydrogen) atoms. The van der Waals surface area contributed by atoms with Crippen LogP contribution in [-0.2, 0) is 40.1 Å². The third-order valence-electron chi connectivity index (χ3n) is 3.56. The number of nitrogens with one attached hydrogen (secondary N) is 1. The van der Waals surface area contributed by atoms with E-state index in [1.54, 1.807) is 30.3 Å². The van der Waals surface area contributed by atoms with Gasteiger partial charge >= 0.3 is 18.0 Å². The largest absolute Gasteiger partial charge is 0.467 e. The molecule has 144 valence electrons. The van der Waals surface area contributed by atoms with Crippen molar-refractivity contribution in [2.24, 2.45) is 0 Å². The lowest BCUT2D eigenvalue weighted by atomic mass is 10.2. The second kappa shape index (κ2) is 9.32. The molecule has 1 heterocycles. The number of amides is 3. The van der Waals surface area contributed by atoms with E-state index in [0.717, 1.165) is 12.7 Å². The minimum absolute atomic E-state index is 0.0399. The van der Waals surface area contributed by atoms with Crippen LogP contribution in [0.1, 0.15) is 24.8 Å². The van der Waals surface area contributed by atoms with E-state index in [4.69, 9.17) is 4.74 Å². The van der Waals surface area contributed by atoms with Gasteiger partial charge in [0.25, 0.3) is 11.8 Å². The van der Waals surface area contributed by atoms with Crippen molar-refractivity contribution in [2.75, 3.05) is 7.11 Å². The van der Waals surface area contributed by atoms with Crippen molar-refractivity contribution >= 4 is 29.8 Å². The van der Waals surface area contributed by atoms with Gasteiger partial charge in [-0.3, -0.25) is 9.59 Å². The highest BCUT2D eigenvalue weighted by atomic mass is 16.7. The predicted molar refractivity (Wildman–Crippen MR) is 87.4 cm³/mol. The van der Waals surface area contributed by atoms with E-state index in [1.807, 2.05) is 0 Å². The molecule has 1 fully saturated rings. The van der Waals surface area contributed by atoms with Gasteiger partial charge in [0.2, 0.25) is 0 Å². The Labute approximate surface area is 154 Å². The first-order chi connectivity index (χ1) is 12.9. The number of ether oxygens (including phenoxy) is 2. The monoisotopic (exact) mass is 378 g/mol. The smallest absolute Gasteiger partial charge is 0.408 e. The summed E-state index contributed by atoms with van der Waals surface area (Å²) in [6.07, 6.45) is -1.72. The highest BCUT2D eigenvalue weighted by Crippen LogP contribution is 2.13. The maximum Gasteiger partial charge on any atom is 0.408 e. The Morgan fingerprint density at radius 1 is 1.11 bits per heavy atom. The number of hydrogen-bond donors (Lipinski definition) is 1. The molecule has 1 aromatic rings. The molecule has 0 bridgehead atoms. The Morgan fingerprint density at radius 2 is 1.74 bits per heavy atom. The summed E-state index contributed by atoms with van der Waals surface area (Å²) in [4.78, 5) is 63.1. The molecule has 0 aromatic heterocycles. The molecule has 0 spiro atoms. The van der Waals surface area contributed by atoms with E-state index in [9.17, 15) is 24.0 Å². The summed E-state index contributed by atoms with van der Waals surface area (Å²) in [5, 5.41) is 2.54. The number of hydroxylamine groups is 2. The lowest BCUT2D eigenvalue weighted by Crippen LogP contribution is -2.44. The molecule has 1 saturated heterocycles. The van der Waals surface area contributed by atoms with E-state index in [-0.39, 0.29) is 19.4 Å². The number of carbonyl (C=O) groups is 5. The van der Waals surface area contributed by atoms with Crippen LogP contribution >= 0.6 is 0 Å². The van der Waals surface area contributed by atoms with Crippen LogP contribution in [0.5, 0.6) is 0 Å². The molecular weight excluding hydrogens is 360 g/mol. The van der Waals surface area contributed by atoms with Gasteiger partial charge in [0.05, 0.1) is 13.5 Å². The topological polar surface area (TPSA) is 128 Å².